The van der Waals surface area contributed by atoms with Crippen molar-refractivity contribution in [2.45, 2.75) is 13.0 Å². The van der Waals surface area contributed by atoms with E-state index in [-0.39, 0.29) is 10.8 Å². The van der Waals surface area contributed by atoms with Gasteiger partial charge in [-0.05, 0) is 42.8 Å². The van der Waals surface area contributed by atoms with Gasteiger partial charge >= 0.3 is 11.7 Å². The van der Waals surface area contributed by atoms with Crippen LogP contribution in [0.1, 0.15) is 12.5 Å². The molecule has 0 aliphatic rings. The first-order valence-corrected chi connectivity index (χ1v) is 8.61. The summed E-state index contributed by atoms with van der Waals surface area (Å²) in [5, 5.41) is 4.54. The molecule has 0 amide bonds. The van der Waals surface area contributed by atoms with Gasteiger partial charge in [-0.2, -0.15) is 5.10 Å². The van der Waals surface area contributed by atoms with Crippen molar-refractivity contribution >= 4 is 34.7 Å². The highest BCUT2D eigenvalue weighted by molar-refractivity contribution is 6.32. The Morgan fingerprint density at radius 3 is 2.71 bits per heavy atom. The van der Waals surface area contributed by atoms with E-state index in [0.717, 1.165) is 4.68 Å². The van der Waals surface area contributed by atoms with E-state index in [1.165, 1.54) is 26.3 Å². The fourth-order valence-corrected chi connectivity index (χ4v) is 2.71. The maximum Gasteiger partial charge on any atom is 0.349 e. The van der Waals surface area contributed by atoms with Crippen LogP contribution in [0.2, 0.25) is 5.02 Å². The Balaban J connectivity index is 1.88. The molecule has 0 saturated heterocycles. The smallest absolute Gasteiger partial charge is 0.349 e. The van der Waals surface area contributed by atoms with E-state index >= 15 is 0 Å². The molecule has 0 spiro atoms. The number of halogens is 1. The number of ether oxygens (including phenoxy) is 2. The molecule has 0 fully saturated rings. The van der Waals surface area contributed by atoms with Crippen LogP contribution in [0.3, 0.4) is 0 Å². The normalized spacial score (nSPS) is 12.2. The highest BCUT2D eigenvalue weighted by atomic mass is 35.5. The van der Waals surface area contributed by atoms with E-state index in [9.17, 15) is 14.4 Å². The number of aromatic amines is 1. The second kappa shape index (κ2) is 8.10. The average molecular weight is 402 g/mol. The van der Waals surface area contributed by atoms with E-state index < -0.39 is 23.3 Å². The van der Waals surface area contributed by atoms with Crippen LogP contribution >= 0.6 is 11.6 Å². The van der Waals surface area contributed by atoms with Crippen LogP contribution in [0.25, 0.3) is 10.9 Å². The van der Waals surface area contributed by atoms with E-state index in [2.05, 4.69) is 14.8 Å². The second-order valence-electron chi connectivity index (χ2n) is 5.81. The van der Waals surface area contributed by atoms with Crippen LogP contribution in [0.4, 0.5) is 0 Å². The molecule has 0 aliphatic carbocycles. The maximum atomic E-state index is 12.4. The van der Waals surface area contributed by atoms with Gasteiger partial charge in [-0.15, -0.1) is 4.68 Å². The van der Waals surface area contributed by atoms with Crippen molar-refractivity contribution in [2.24, 2.45) is 5.10 Å². The summed E-state index contributed by atoms with van der Waals surface area (Å²) in [6, 6.07) is 11.4. The minimum atomic E-state index is -0.822. The number of carbonyl (C=O) groups is 1. The summed E-state index contributed by atoms with van der Waals surface area (Å²) < 4.78 is 10.8. The Bertz CT molecular complexity index is 1180. The zero-order chi connectivity index (χ0) is 20.3. The first-order valence-electron chi connectivity index (χ1n) is 8.23. The summed E-state index contributed by atoms with van der Waals surface area (Å²) in [6.45, 7) is 1.54. The summed E-state index contributed by atoms with van der Waals surface area (Å²) >= 11 is 6.17. The molecule has 2 aromatic carbocycles. The molecule has 0 saturated carbocycles. The molecular weight excluding hydrogens is 386 g/mol. The van der Waals surface area contributed by atoms with Crippen molar-refractivity contribution in [1.29, 1.82) is 0 Å². The number of rotatable bonds is 5. The first-order chi connectivity index (χ1) is 13.4. The number of hydrogen-bond donors (Lipinski definition) is 1. The van der Waals surface area contributed by atoms with Crippen LogP contribution in [0, 0.1) is 0 Å². The van der Waals surface area contributed by atoms with E-state index in [4.69, 9.17) is 16.3 Å². The maximum absolute atomic E-state index is 12.4. The number of nitrogens with zero attached hydrogens (tertiary/aromatic N) is 2. The van der Waals surface area contributed by atoms with Crippen LogP contribution in [0.5, 0.6) is 5.75 Å². The molecular formula is C19H16ClN3O5. The Kier molecular flexibility index (Phi) is 5.60. The Morgan fingerprint density at radius 2 is 2.00 bits per heavy atom. The minimum Gasteiger partial charge on any atom is -0.477 e. The number of nitrogens with one attached hydrogen (secondary N) is 1. The third kappa shape index (κ3) is 3.96. The van der Waals surface area contributed by atoms with Crippen LogP contribution in [0.15, 0.2) is 57.2 Å². The summed E-state index contributed by atoms with van der Waals surface area (Å²) in [4.78, 5) is 38.6. The number of methoxy groups -OCH3 is 1. The molecule has 144 valence electrons. The molecule has 0 bridgehead atoms. The lowest BCUT2D eigenvalue weighted by Crippen LogP contribution is -2.32. The second-order valence-corrected chi connectivity index (χ2v) is 6.22. The number of para-hydroxylation sites is 1. The topological polar surface area (TPSA) is 103 Å². The van der Waals surface area contributed by atoms with Gasteiger partial charge in [0.1, 0.15) is 5.75 Å². The molecule has 8 nitrogen and oxygen atoms in total. The predicted molar refractivity (Wildman–Crippen MR) is 105 cm³/mol. The first kappa shape index (κ1) is 19.4. The Morgan fingerprint density at radius 1 is 1.25 bits per heavy atom. The molecule has 9 heteroatoms. The van der Waals surface area contributed by atoms with Crippen molar-refractivity contribution in [3.8, 4) is 5.75 Å². The molecule has 1 atom stereocenters. The van der Waals surface area contributed by atoms with Crippen LogP contribution in [-0.2, 0) is 9.53 Å². The van der Waals surface area contributed by atoms with Gasteiger partial charge in [0, 0.05) is 0 Å². The van der Waals surface area contributed by atoms with Gasteiger partial charge in [0.05, 0.1) is 29.2 Å². The Hall–Kier alpha value is -3.39. The molecule has 1 aromatic heterocycles. The largest absolute Gasteiger partial charge is 0.477 e. The zero-order valence-corrected chi connectivity index (χ0v) is 15.8. The van der Waals surface area contributed by atoms with Gasteiger partial charge < -0.3 is 14.5 Å². The number of esters is 1. The highest BCUT2D eigenvalue weighted by Gasteiger charge is 2.16. The third-order valence-corrected chi connectivity index (χ3v) is 4.19. The van der Waals surface area contributed by atoms with Gasteiger partial charge in [-0.3, -0.25) is 4.79 Å². The fraction of sp³-hybridized carbons (Fsp3) is 0.158. The molecule has 0 radical (unpaired) electrons. The SMILES string of the molecule is COC(=O)[C@@H](C)Oc1ccc(C=Nn2c(=O)[nH]c3ccccc3c2=O)cc1Cl. The summed E-state index contributed by atoms with van der Waals surface area (Å²) in [7, 11) is 1.26. The van der Waals surface area contributed by atoms with Crippen molar-refractivity contribution in [1.82, 2.24) is 9.66 Å². The van der Waals surface area contributed by atoms with Crippen molar-refractivity contribution in [3.63, 3.8) is 0 Å². The van der Waals surface area contributed by atoms with Gasteiger partial charge in [0.15, 0.2) is 6.10 Å². The fourth-order valence-electron chi connectivity index (χ4n) is 2.48. The number of aromatic nitrogens is 2. The number of fused-ring (bicyclic) bond motifs is 1. The summed E-state index contributed by atoms with van der Waals surface area (Å²) in [5.74, 6) is -0.242. The quantitative estimate of drug-likeness (QED) is 0.521. The average Bonchev–Trinajstić information content (AvgIpc) is 2.69. The third-order valence-electron chi connectivity index (χ3n) is 3.90. The standard InChI is InChI=1S/C19H16ClN3O5/c1-11(18(25)27-2)28-16-8-7-12(9-14(16)20)10-21-23-17(24)13-5-3-4-6-15(13)22-19(23)26/h3-11H,1-2H3,(H,22,26)/t11-/m1/s1. The lowest BCUT2D eigenvalue weighted by Gasteiger charge is -2.13. The number of hydrogen-bond acceptors (Lipinski definition) is 6. The zero-order valence-electron chi connectivity index (χ0n) is 15.0. The molecule has 28 heavy (non-hydrogen) atoms. The lowest BCUT2D eigenvalue weighted by molar-refractivity contribution is -0.147. The van der Waals surface area contributed by atoms with Gasteiger partial charge in [0.25, 0.3) is 5.56 Å². The van der Waals surface area contributed by atoms with Gasteiger partial charge in [-0.25, -0.2) is 9.59 Å². The van der Waals surface area contributed by atoms with Crippen molar-refractivity contribution in [3.05, 3.63) is 73.9 Å². The monoisotopic (exact) mass is 401 g/mol. The van der Waals surface area contributed by atoms with E-state index in [1.54, 1.807) is 36.4 Å². The van der Waals surface area contributed by atoms with E-state index in [0.29, 0.717) is 16.5 Å². The Labute approximate surface area is 164 Å². The van der Waals surface area contributed by atoms with Crippen molar-refractivity contribution in [2.75, 3.05) is 7.11 Å². The predicted octanol–water partition coefficient (Wildman–Crippen LogP) is 2.17. The van der Waals surface area contributed by atoms with Gasteiger partial charge in [-0.1, -0.05) is 23.7 Å². The van der Waals surface area contributed by atoms with Gasteiger partial charge in [0.2, 0.25) is 0 Å². The number of carbonyl (C=O) groups excluding carboxylic acids is 1. The molecule has 1 N–H and O–H groups in total. The van der Waals surface area contributed by atoms with Crippen molar-refractivity contribution < 1.29 is 14.3 Å². The highest BCUT2D eigenvalue weighted by Crippen LogP contribution is 2.26. The van der Waals surface area contributed by atoms with Crippen LogP contribution in [-0.4, -0.2) is 35.1 Å². The van der Waals surface area contributed by atoms with E-state index in [1.807, 2.05) is 0 Å². The molecule has 3 rings (SSSR count). The molecule has 0 aliphatic heterocycles. The molecule has 1 heterocycles. The summed E-state index contributed by atoms with van der Waals surface area (Å²) in [6.07, 6.45) is 0.502. The molecule has 3 aromatic rings. The minimum absolute atomic E-state index is 0.236. The van der Waals surface area contributed by atoms with Crippen LogP contribution < -0.4 is 16.0 Å². The number of benzene rings is 2. The lowest BCUT2D eigenvalue weighted by atomic mass is 10.2. The number of H-pyrrole nitrogens is 1. The summed E-state index contributed by atoms with van der Waals surface area (Å²) in [5.41, 5.74) is -0.220. The molecule has 0 unspecified atom stereocenters.